The Morgan fingerprint density at radius 2 is 1.79 bits per heavy atom. The summed E-state index contributed by atoms with van der Waals surface area (Å²) in [6, 6.07) is 14.3. The molecule has 0 aliphatic rings. The number of rotatable bonds is 8. The highest BCUT2D eigenvalue weighted by molar-refractivity contribution is 5.84. The SMILES string of the molecule is CCCC(CC)CC(N)=Nc1cc(-c2ncc(-c3ccc(C)cc3)o2)ccc1C. The summed E-state index contributed by atoms with van der Waals surface area (Å²) >= 11 is 0. The van der Waals surface area contributed by atoms with Gasteiger partial charge in [0, 0.05) is 17.5 Å². The van der Waals surface area contributed by atoms with Crippen LogP contribution in [-0.4, -0.2) is 10.8 Å². The van der Waals surface area contributed by atoms with Crippen molar-refractivity contribution in [3.63, 3.8) is 0 Å². The van der Waals surface area contributed by atoms with Gasteiger partial charge in [-0.1, -0.05) is 69.0 Å². The van der Waals surface area contributed by atoms with E-state index in [4.69, 9.17) is 15.1 Å². The third kappa shape index (κ3) is 5.35. The summed E-state index contributed by atoms with van der Waals surface area (Å²) in [4.78, 5) is 9.19. The van der Waals surface area contributed by atoms with Gasteiger partial charge in [-0.25, -0.2) is 9.98 Å². The Labute approximate surface area is 173 Å². The van der Waals surface area contributed by atoms with E-state index in [1.165, 1.54) is 18.4 Å². The maximum atomic E-state index is 6.27. The van der Waals surface area contributed by atoms with Crippen molar-refractivity contribution in [2.75, 3.05) is 0 Å². The molecule has 0 bridgehead atoms. The first-order chi connectivity index (χ1) is 14.0. The lowest BCUT2D eigenvalue weighted by atomic mass is 9.96. The zero-order valence-electron chi connectivity index (χ0n) is 17.9. The number of amidine groups is 1. The topological polar surface area (TPSA) is 64.4 Å². The van der Waals surface area contributed by atoms with Crippen LogP contribution >= 0.6 is 0 Å². The van der Waals surface area contributed by atoms with Crippen molar-refractivity contribution in [3.8, 4) is 22.8 Å². The highest BCUT2D eigenvalue weighted by Gasteiger charge is 2.12. The number of nitrogens with two attached hydrogens (primary N) is 1. The van der Waals surface area contributed by atoms with Crippen molar-refractivity contribution in [2.24, 2.45) is 16.6 Å². The van der Waals surface area contributed by atoms with Gasteiger partial charge < -0.3 is 10.2 Å². The van der Waals surface area contributed by atoms with Gasteiger partial charge in [-0.3, -0.25) is 0 Å². The molecule has 2 N–H and O–H groups in total. The van der Waals surface area contributed by atoms with Crippen LogP contribution < -0.4 is 5.73 Å². The summed E-state index contributed by atoms with van der Waals surface area (Å²) < 4.78 is 6.02. The third-order valence-electron chi connectivity index (χ3n) is 5.33. The first kappa shape index (κ1) is 20.8. The van der Waals surface area contributed by atoms with E-state index in [2.05, 4.69) is 37.9 Å². The number of oxazole rings is 1. The van der Waals surface area contributed by atoms with Crippen molar-refractivity contribution < 1.29 is 4.42 Å². The number of hydrogen-bond donors (Lipinski definition) is 1. The van der Waals surface area contributed by atoms with Crippen molar-refractivity contribution in [1.82, 2.24) is 4.98 Å². The Morgan fingerprint density at radius 1 is 1.07 bits per heavy atom. The maximum absolute atomic E-state index is 6.27. The minimum Gasteiger partial charge on any atom is -0.436 e. The molecule has 1 atom stereocenters. The largest absolute Gasteiger partial charge is 0.436 e. The fourth-order valence-electron chi connectivity index (χ4n) is 3.48. The first-order valence-electron chi connectivity index (χ1n) is 10.5. The zero-order chi connectivity index (χ0) is 20.8. The Bertz CT molecular complexity index is 970. The molecule has 3 aromatic rings. The summed E-state index contributed by atoms with van der Waals surface area (Å²) in [5.41, 5.74) is 11.4. The second-order valence-corrected chi connectivity index (χ2v) is 7.77. The Hall–Kier alpha value is -2.88. The van der Waals surface area contributed by atoms with E-state index < -0.39 is 0 Å². The molecule has 0 aliphatic carbocycles. The van der Waals surface area contributed by atoms with Gasteiger partial charge in [0.2, 0.25) is 5.89 Å². The minimum absolute atomic E-state index is 0.591. The van der Waals surface area contributed by atoms with Gasteiger partial charge >= 0.3 is 0 Å². The second kappa shape index (κ2) is 9.55. The van der Waals surface area contributed by atoms with Crippen molar-refractivity contribution in [2.45, 2.75) is 53.4 Å². The Morgan fingerprint density at radius 3 is 2.48 bits per heavy atom. The smallest absolute Gasteiger partial charge is 0.226 e. The molecule has 0 aliphatic heterocycles. The standard InChI is InChI=1S/C25H31N3O/c1-5-7-19(6-2)14-24(26)28-22-15-21(13-10-18(22)4)25-27-16-23(29-25)20-11-8-17(3)9-12-20/h8-13,15-16,19H,5-7,14H2,1-4H3,(H2,26,28). The predicted octanol–water partition coefficient (Wildman–Crippen LogP) is 6.83. The number of aromatic nitrogens is 1. The van der Waals surface area contributed by atoms with E-state index in [0.717, 1.165) is 41.0 Å². The van der Waals surface area contributed by atoms with Crippen LogP contribution in [0, 0.1) is 19.8 Å². The Kier molecular flexibility index (Phi) is 6.86. The van der Waals surface area contributed by atoms with E-state index >= 15 is 0 Å². The molecule has 0 saturated heterocycles. The lowest BCUT2D eigenvalue weighted by molar-refractivity contribution is 0.480. The summed E-state index contributed by atoms with van der Waals surface area (Å²) in [6.45, 7) is 8.55. The molecule has 0 spiro atoms. The lowest BCUT2D eigenvalue weighted by Gasteiger charge is -2.13. The molecule has 1 heterocycles. The van der Waals surface area contributed by atoms with Crippen molar-refractivity contribution in [1.29, 1.82) is 0 Å². The van der Waals surface area contributed by atoms with Gasteiger partial charge in [-0.15, -0.1) is 0 Å². The van der Waals surface area contributed by atoms with Gasteiger partial charge in [-0.2, -0.15) is 0 Å². The van der Waals surface area contributed by atoms with Crippen LogP contribution in [0.2, 0.25) is 0 Å². The minimum atomic E-state index is 0.591. The molecule has 4 heteroatoms. The molecular weight excluding hydrogens is 358 g/mol. The fourth-order valence-corrected chi connectivity index (χ4v) is 3.48. The number of nitrogens with zero attached hydrogens (tertiary/aromatic N) is 2. The van der Waals surface area contributed by atoms with Crippen LogP contribution in [0.4, 0.5) is 5.69 Å². The highest BCUT2D eigenvalue weighted by Crippen LogP contribution is 2.30. The molecule has 0 fully saturated rings. The average Bonchev–Trinajstić information content (AvgIpc) is 3.20. The molecule has 2 aromatic carbocycles. The number of benzene rings is 2. The van der Waals surface area contributed by atoms with Gasteiger partial charge in [0.05, 0.1) is 17.7 Å². The highest BCUT2D eigenvalue weighted by atomic mass is 16.4. The van der Waals surface area contributed by atoms with Gasteiger partial charge in [-0.05, 0) is 37.5 Å². The molecule has 152 valence electrons. The van der Waals surface area contributed by atoms with Crippen LogP contribution in [0.15, 0.2) is 58.1 Å². The summed E-state index contributed by atoms with van der Waals surface area (Å²) in [7, 11) is 0. The molecule has 1 unspecified atom stereocenters. The average molecular weight is 390 g/mol. The van der Waals surface area contributed by atoms with E-state index in [9.17, 15) is 0 Å². The van der Waals surface area contributed by atoms with Crippen LogP contribution in [0.3, 0.4) is 0 Å². The lowest BCUT2D eigenvalue weighted by Crippen LogP contribution is -2.16. The monoisotopic (exact) mass is 389 g/mol. The first-order valence-corrected chi connectivity index (χ1v) is 10.5. The second-order valence-electron chi connectivity index (χ2n) is 7.77. The van der Waals surface area contributed by atoms with Crippen LogP contribution in [0.5, 0.6) is 0 Å². The van der Waals surface area contributed by atoms with Crippen molar-refractivity contribution in [3.05, 3.63) is 59.8 Å². The van der Waals surface area contributed by atoms with E-state index in [-0.39, 0.29) is 0 Å². The molecule has 4 nitrogen and oxygen atoms in total. The molecule has 0 amide bonds. The summed E-state index contributed by atoms with van der Waals surface area (Å²) in [5, 5.41) is 0. The zero-order valence-corrected chi connectivity index (χ0v) is 17.9. The molecule has 0 saturated carbocycles. The fraction of sp³-hybridized carbons (Fsp3) is 0.360. The molecular formula is C25H31N3O. The van der Waals surface area contributed by atoms with E-state index in [1.54, 1.807) is 6.20 Å². The van der Waals surface area contributed by atoms with Crippen LogP contribution in [-0.2, 0) is 0 Å². The quantitative estimate of drug-likeness (QED) is 0.339. The molecule has 1 aromatic heterocycles. The van der Waals surface area contributed by atoms with Gasteiger partial charge in [0.1, 0.15) is 0 Å². The van der Waals surface area contributed by atoms with Gasteiger partial charge in [0.15, 0.2) is 5.76 Å². The predicted molar refractivity (Wildman–Crippen MR) is 121 cm³/mol. The van der Waals surface area contributed by atoms with Crippen LogP contribution in [0.1, 0.15) is 50.7 Å². The maximum Gasteiger partial charge on any atom is 0.226 e. The molecule has 0 radical (unpaired) electrons. The van der Waals surface area contributed by atoms with Crippen LogP contribution in [0.25, 0.3) is 22.8 Å². The number of aliphatic imine (C=N–C) groups is 1. The molecule has 3 rings (SSSR count). The normalized spacial score (nSPS) is 12.9. The summed E-state index contributed by atoms with van der Waals surface area (Å²) in [5.74, 6) is 2.64. The van der Waals surface area contributed by atoms with Gasteiger partial charge in [0.25, 0.3) is 0 Å². The third-order valence-corrected chi connectivity index (χ3v) is 5.33. The van der Waals surface area contributed by atoms with E-state index in [0.29, 0.717) is 17.6 Å². The number of hydrogen-bond acceptors (Lipinski definition) is 3. The van der Waals surface area contributed by atoms with Crippen molar-refractivity contribution >= 4 is 11.5 Å². The molecule has 29 heavy (non-hydrogen) atoms. The number of aryl methyl sites for hydroxylation is 2. The van der Waals surface area contributed by atoms with E-state index in [1.807, 2.05) is 37.3 Å². The summed E-state index contributed by atoms with van der Waals surface area (Å²) in [6.07, 6.45) is 6.09. The Balaban J connectivity index is 1.84.